The van der Waals surface area contributed by atoms with Crippen molar-refractivity contribution in [2.24, 2.45) is 5.41 Å². The van der Waals surface area contributed by atoms with Gasteiger partial charge in [0, 0.05) is 39.0 Å². The molecule has 13 heteroatoms. The van der Waals surface area contributed by atoms with Crippen LogP contribution in [0.25, 0.3) is 0 Å². The van der Waals surface area contributed by atoms with Gasteiger partial charge in [0.05, 0.1) is 31.8 Å². The number of hydrogen-bond donors (Lipinski definition) is 2. The van der Waals surface area contributed by atoms with E-state index in [1.807, 2.05) is 6.07 Å². The third-order valence-corrected chi connectivity index (χ3v) is 8.66. The van der Waals surface area contributed by atoms with Gasteiger partial charge < -0.3 is 24.6 Å². The molecule has 2 aromatic heterocycles. The molecule has 0 aromatic carbocycles. The van der Waals surface area contributed by atoms with Crippen LogP contribution in [0.3, 0.4) is 0 Å². The zero-order chi connectivity index (χ0) is 28.3. The summed E-state index contributed by atoms with van der Waals surface area (Å²) in [6, 6.07) is 5.09. The molecule has 0 atom stereocenters. The number of anilines is 3. The summed E-state index contributed by atoms with van der Waals surface area (Å²) in [6.45, 7) is 2.02. The predicted molar refractivity (Wildman–Crippen MR) is 148 cm³/mol. The van der Waals surface area contributed by atoms with Gasteiger partial charge in [0.25, 0.3) is 11.8 Å². The van der Waals surface area contributed by atoms with Crippen LogP contribution in [0.4, 0.5) is 26.0 Å². The highest BCUT2D eigenvalue weighted by molar-refractivity contribution is 7.97. The van der Waals surface area contributed by atoms with Gasteiger partial charge in [0.2, 0.25) is 0 Å². The molecule has 40 heavy (non-hydrogen) atoms. The molecule has 216 valence electrons. The summed E-state index contributed by atoms with van der Waals surface area (Å²) in [7, 11) is 2.82. The van der Waals surface area contributed by atoms with Crippen molar-refractivity contribution in [3.05, 3.63) is 30.1 Å². The van der Waals surface area contributed by atoms with Crippen LogP contribution in [0, 0.1) is 5.41 Å². The lowest BCUT2D eigenvalue weighted by Gasteiger charge is -2.35. The standard InChI is InChI=1S/C27H34F2N6O4S/c1-38-21-4-3-18(32-24(21)35-13-9-27(28,29)10-14-35)25(37)33-19-16-30-22(40-31-17-23(36)39-2)15-20(19)34-11-7-26(5-6-26)8-12-34/h3-4,15-16,31H,5-14,17H2,1-2H3,(H,33,37). The minimum absolute atomic E-state index is 0.0308. The Morgan fingerprint density at radius 3 is 2.38 bits per heavy atom. The highest BCUT2D eigenvalue weighted by Crippen LogP contribution is 2.54. The van der Waals surface area contributed by atoms with Crippen LogP contribution < -0.4 is 24.6 Å². The van der Waals surface area contributed by atoms with E-state index in [-0.39, 0.29) is 44.1 Å². The highest BCUT2D eigenvalue weighted by atomic mass is 32.2. The third kappa shape index (κ3) is 6.57. The van der Waals surface area contributed by atoms with Crippen LogP contribution in [0.15, 0.2) is 29.4 Å². The van der Waals surface area contributed by atoms with E-state index in [1.165, 1.54) is 39.0 Å². The van der Waals surface area contributed by atoms with Crippen molar-refractivity contribution < 1.29 is 27.8 Å². The molecule has 0 bridgehead atoms. The number of hydrogen-bond acceptors (Lipinski definition) is 10. The quantitative estimate of drug-likeness (QED) is 0.334. The molecule has 5 rings (SSSR count). The van der Waals surface area contributed by atoms with Gasteiger partial charge in [-0.15, -0.1) is 0 Å². The molecular formula is C27H34F2N6O4S. The number of rotatable bonds is 9. The van der Waals surface area contributed by atoms with Gasteiger partial charge >= 0.3 is 5.97 Å². The highest BCUT2D eigenvalue weighted by Gasteiger charge is 2.44. The summed E-state index contributed by atoms with van der Waals surface area (Å²) in [5, 5.41) is 3.61. The second-order valence-electron chi connectivity index (χ2n) is 10.5. The first-order chi connectivity index (χ1) is 19.2. The molecule has 3 aliphatic rings. The Bertz CT molecular complexity index is 1240. The Morgan fingerprint density at radius 2 is 1.73 bits per heavy atom. The van der Waals surface area contributed by atoms with E-state index in [4.69, 9.17) is 4.74 Å². The molecule has 1 aliphatic carbocycles. The van der Waals surface area contributed by atoms with Gasteiger partial charge in [-0.2, -0.15) is 0 Å². The zero-order valence-electron chi connectivity index (χ0n) is 22.7. The number of piperidine rings is 2. The first-order valence-electron chi connectivity index (χ1n) is 13.4. The van der Waals surface area contributed by atoms with Crippen molar-refractivity contribution >= 4 is 41.0 Å². The fourth-order valence-corrected chi connectivity index (χ4v) is 5.77. The van der Waals surface area contributed by atoms with Gasteiger partial charge in [-0.25, -0.2) is 23.5 Å². The van der Waals surface area contributed by atoms with Gasteiger partial charge in [0.1, 0.15) is 17.3 Å². The number of halogens is 2. The number of pyridine rings is 2. The van der Waals surface area contributed by atoms with Crippen LogP contribution in [0.2, 0.25) is 0 Å². The minimum atomic E-state index is -2.70. The normalized spacial score (nSPS) is 19.3. The fourth-order valence-electron chi connectivity index (χ4n) is 5.16. The Labute approximate surface area is 236 Å². The molecular weight excluding hydrogens is 542 g/mol. The first kappa shape index (κ1) is 28.3. The second-order valence-corrected chi connectivity index (χ2v) is 11.5. The average molecular weight is 577 g/mol. The predicted octanol–water partition coefficient (Wildman–Crippen LogP) is 4.12. The van der Waals surface area contributed by atoms with Crippen LogP contribution in [0.5, 0.6) is 5.75 Å². The number of aromatic nitrogens is 2. The Morgan fingerprint density at radius 1 is 1.02 bits per heavy atom. The summed E-state index contributed by atoms with van der Waals surface area (Å²) >= 11 is 1.21. The van der Waals surface area contributed by atoms with Gasteiger partial charge in [-0.05, 0) is 61.2 Å². The van der Waals surface area contributed by atoms with E-state index >= 15 is 0 Å². The van der Waals surface area contributed by atoms with Crippen molar-refractivity contribution in [2.45, 2.75) is 49.5 Å². The van der Waals surface area contributed by atoms with Gasteiger partial charge in [-0.1, -0.05) is 0 Å². The van der Waals surface area contributed by atoms with Crippen LogP contribution in [-0.2, 0) is 9.53 Å². The summed E-state index contributed by atoms with van der Waals surface area (Å²) in [6.07, 6.45) is 5.81. The number of carbonyl (C=O) groups is 2. The number of alkyl halides is 2. The molecule has 1 saturated carbocycles. The summed E-state index contributed by atoms with van der Waals surface area (Å²) < 4.78 is 40.5. The molecule has 10 nitrogen and oxygen atoms in total. The van der Waals surface area contributed by atoms with E-state index in [1.54, 1.807) is 23.2 Å². The topological polar surface area (TPSA) is 109 Å². The number of amides is 1. The average Bonchev–Trinajstić information content (AvgIpc) is 3.72. The number of carbonyl (C=O) groups excluding carboxylic acids is 2. The van der Waals surface area contributed by atoms with E-state index in [0.717, 1.165) is 31.6 Å². The summed E-state index contributed by atoms with van der Waals surface area (Å²) in [5.74, 6) is -2.72. The Hall–Kier alpha value is -3.19. The molecule has 2 aliphatic heterocycles. The SMILES string of the molecule is COC(=O)CNSc1cc(N2CCC3(CC2)CC3)c(NC(=O)c2ccc(OC)c(N3CCC(F)(F)CC3)n2)cn1. The number of esters is 1. The zero-order valence-corrected chi connectivity index (χ0v) is 23.5. The molecule has 0 unspecified atom stereocenters. The van der Waals surface area contributed by atoms with Crippen molar-refractivity contribution in [3.63, 3.8) is 0 Å². The minimum Gasteiger partial charge on any atom is -0.493 e. The van der Waals surface area contributed by atoms with Crippen molar-refractivity contribution in [1.82, 2.24) is 14.7 Å². The lowest BCUT2D eigenvalue weighted by Crippen LogP contribution is -2.40. The molecule has 1 spiro atoms. The summed E-state index contributed by atoms with van der Waals surface area (Å²) in [4.78, 5) is 37.8. The molecule has 4 heterocycles. The lowest BCUT2D eigenvalue weighted by atomic mass is 9.93. The maximum atomic E-state index is 13.7. The molecule has 3 fully saturated rings. The lowest BCUT2D eigenvalue weighted by molar-refractivity contribution is -0.139. The van der Waals surface area contributed by atoms with Crippen LogP contribution in [-0.4, -0.2) is 74.7 Å². The van der Waals surface area contributed by atoms with Crippen molar-refractivity contribution in [1.29, 1.82) is 0 Å². The summed E-state index contributed by atoms with van der Waals surface area (Å²) in [5.41, 5.74) is 2.01. The fraction of sp³-hybridized carbons (Fsp3) is 0.556. The van der Waals surface area contributed by atoms with E-state index in [2.05, 4.69) is 29.6 Å². The maximum absolute atomic E-state index is 13.7. The maximum Gasteiger partial charge on any atom is 0.320 e. The van der Waals surface area contributed by atoms with Gasteiger partial charge in [0.15, 0.2) is 11.6 Å². The largest absolute Gasteiger partial charge is 0.493 e. The van der Waals surface area contributed by atoms with Crippen LogP contribution >= 0.6 is 11.9 Å². The second kappa shape index (κ2) is 11.7. The number of nitrogens with zero attached hydrogens (tertiary/aromatic N) is 4. The van der Waals surface area contributed by atoms with E-state index in [0.29, 0.717) is 27.7 Å². The number of methoxy groups -OCH3 is 2. The van der Waals surface area contributed by atoms with Crippen molar-refractivity contribution in [3.8, 4) is 5.75 Å². The van der Waals surface area contributed by atoms with E-state index in [9.17, 15) is 18.4 Å². The smallest absolute Gasteiger partial charge is 0.320 e. The van der Waals surface area contributed by atoms with Gasteiger partial charge in [-0.3, -0.25) is 9.59 Å². The first-order valence-corrected chi connectivity index (χ1v) is 14.2. The Kier molecular flexibility index (Phi) is 8.31. The molecule has 0 radical (unpaired) electrons. The third-order valence-electron chi connectivity index (χ3n) is 7.93. The Balaban J connectivity index is 1.35. The molecule has 2 saturated heterocycles. The molecule has 1 amide bonds. The van der Waals surface area contributed by atoms with Crippen LogP contribution in [0.1, 0.15) is 49.0 Å². The van der Waals surface area contributed by atoms with Crippen molar-refractivity contribution in [2.75, 3.05) is 62.1 Å². The molecule has 2 N–H and O–H groups in total. The number of nitrogens with one attached hydrogen (secondary N) is 2. The number of ether oxygens (including phenoxy) is 2. The monoisotopic (exact) mass is 576 g/mol. The molecule has 2 aromatic rings. The van der Waals surface area contributed by atoms with E-state index < -0.39 is 11.8 Å².